The van der Waals surface area contributed by atoms with Crippen LogP contribution in [0, 0.1) is 5.41 Å². The van der Waals surface area contributed by atoms with Gasteiger partial charge in [-0.05, 0) is 84.8 Å². The fourth-order valence-electron chi connectivity index (χ4n) is 8.15. The lowest BCUT2D eigenvalue weighted by Gasteiger charge is -2.14. The predicted octanol–water partition coefficient (Wildman–Crippen LogP) is 12.1. The van der Waals surface area contributed by atoms with Gasteiger partial charge in [-0.25, -0.2) is 0 Å². The molecule has 3 heterocycles. The van der Waals surface area contributed by atoms with Crippen molar-refractivity contribution in [3.05, 3.63) is 170 Å². The highest BCUT2D eigenvalue weighted by atomic mass is 15.1. The average Bonchev–Trinajstić information content (AvgIpc) is 3.81. The second-order valence-electron chi connectivity index (χ2n) is 12.9. The smallest absolute Gasteiger partial charge is 0.129 e. The van der Waals surface area contributed by atoms with Crippen LogP contribution in [0.2, 0.25) is 0 Å². The summed E-state index contributed by atoms with van der Waals surface area (Å²) in [4.78, 5) is 0. The van der Waals surface area contributed by atoms with Gasteiger partial charge in [-0.1, -0.05) is 103 Å². The molecule has 0 saturated carbocycles. The van der Waals surface area contributed by atoms with Gasteiger partial charge in [-0.2, -0.15) is 0 Å². The number of nitrogens with zero attached hydrogens (tertiary/aromatic N) is 3. The number of nitrogens with one attached hydrogen (secondary N) is 1. The molecule has 0 aliphatic rings. The van der Waals surface area contributed by atoms with Crippen molar-refractivity contribution in [2.24, 2.45) is 0 Å². The zero-order valence-electron chi connectivity index (χ0n) is 27.5. The largest absolute Gasteiger partial charge is 0.309 e. The molecule has 0 aliphatic heterocycles. The highest BCUT2D eigenvalue weighted by Gasteiger charge is 2.25. The van der Waals surface area contributed by atoms with Crippen LogP contribution in [0.1, 0.15) is 6.92 Å². The third-order valence-corrected chi connectivity index (χ3v) is 10.1. The molecule has 0 aliphatic carbocycles. The summed E-state index contributed by atoms with van der Waals surface area (Å²) in [6.45, 7) is 1.98. The van der Waals surface area contributed by atoms with E-state index >= 15 is 0 Å². The van der Waals surface area contributed by atoms with Crippen molar-refractivity contribution in [3.8, 4) is 22.5 Å². The first-order valence-electron chi connectivity index (χ1n) is 17.1. The number of allylic oxidation sites excluding steroid dienone is 2. The molecule has 3 aromatic heterocycles. The normalized spacial score (nSPS) is 12.1. The second kappa shape index (κ2) is 10.9. The molecule has 236 valence electrons. The molecule has 1 N–H and O–H groups in total. The number of rotatable bonds is 4. The predicted molar refractivity (Wildman–Crippen MR) is 211 cm³/mol. The molecule has 0 saturated heterocycles. The van der Waals surface area contributed by atoms with Crippen LogP contribution in [0.4, 0.5) is 0 Å². The van der Waals surface area contributed by atoms with E-state index in [4.69, 9.17) is 0 Å². The van der Waals surface area contributed by atoms with Crippen LogP contribution in [-0.2, 0) is 0 Å². The summed E-state index contributed by atoms with van der Waals surface area (Å²) in [5.41, 5.74) is 11.2. The summed E-state index contributed by atoms with van der Waals surface area (Å²) < 4.78 is 6.89. The summed E-state index contributed by atoms with van der Waals surface area (Å²) in [5, 5.41) is 16.5. The zero-order chi connectivity index (χ0) is 33.3. The van der Waals surface area contributed by atoms with Gasteiger partial charge in [0.1, 0.15) is 5.84 Å². The molecule has 4 nitrogen and oxygen atoms in total. The third kappa shape index (κ3) is 3.96. The minimum absolute atomic E-state index is 0.434. The van der Waals surface area contributed by atoms with Gasteiger partial charge in [0.05, 0.1) is 33.1 Å². The van der Waals surface area contributed by atoms with E-state index in [1.165, 1.54) is 27.2 Å². The van der Waals surface area contributed by atoms with Gasteiger partial charge >= 0.3 is 0 Å². The molecule has 0 atom stereocenters. The Balaban J connectivity index is 1.40. The maximum atomic E-state index is 9.42. The Morgan fingerprint density at radius 1 is 0.480 bits per heavy atom. The Bertz CT molecular complexity index is 2990. The number of para-hydroxylation sites is 5. The topological polar surface area (TPSA) is 38.6 Å². The molecule has 50 heavy (non-hydrogen) atoms. The molecule has 10 rings (SSSR count). The first-order chi connectivity index (χ1) is 24.7. The fourth-order valence-corrected chi connectivity index (χ4v) is 8.15. The van der Waals surface area contributed by atoms with Gasteiger partial charge < -0.3 is 9.13 Å². The lowest BCUT2D eigenvalue weighted by molar-refractivity contribution is 1.17. The Kier molecular flexibility index (Phi) is 6.21. The van der Waals surface area contributed by atoms with E-state index < -0.39 is 0 Å². The highest BCUT2D eigenvalue weighted by Crippen LogP contribution is 2.46. The Labute approximate surface area is 288 Å². The van der Waals surface area contributed by atoms with Crippen LogP contribution in [0.3, 0.4) is 0 Å². The van der Waals surface area contributed by atoms with Crippen molar-refractivity contribution in [1.82, 2.24) is 13.7 Å². The van der Waals surface area contributed by atoms with E-state index in [-0.39, 0.29) is 0 Å². The van der Waals surface area contributed by atoms with Crippen LogP contribution >= 0.6 is 0 Å². The maximum absolute atomic E-state index is 9.42. The maximum Gasteiger partial charge on any atom is 0.129 e. The second-order valence-corrected chi connectivity index (χ2v) is 12.9. The van der Waals surface area contributed by atoms with E-state index in [1.807, 2.05) is 19.1 Å². The first kappa shape index (κ1) is 28.4. The number of fused-ring (bicyclic) bond motifs is 10. The van der Waals surface area contributed by atoms with Gasteiger partial charge in [-0.3, -0.25) is 9.98 Å². The standard InChI is InChI=1S/C46H32N4/c1-2-15-43(47)50-41-25-14-11-22-35(41)44-36(29-38-34-21-10-13-24-40(34)49(45(38)46(44)50)32-18-7-4-8-19-32)30-26-27-42-37(28-30)33-20-9-12-23-39(33)48(42)31-16-5-3-6-17-31/h2-29,47H,1H3/b15-2-,47-43?. The zero-order valence-corrected chi connectivity index (χ0v) is 27.5. The average molecular weight is 641 g/mol. The fraction of sp³-hybridized carbons (Fsp3) is 0.0217. The Morgan fingerprint density at radius 2 is 1.02 bits per heavy atom. The molecule has 0 bridgehead atoms. The molecule has 10 aromatic rings. The highest BCUT2D eigenvalue weighted by molar-refractivity contribution is 6.30. The summed E-state index contributed by atoms with van der Waals surface area (Å²) in [5.74, 6) is 0.434. The van der Waals surface area contributed by atoms with E-state index in [9.17, 15) is 5.41 Å². The third-order valence-electron chi connectivity index (χ3n) is 10.1. The molecule has 0 unspecified atom stereocenters. The van der Waals surface area contributed by atoms with Crippen molar-refractivity contribution in [2.45, 2.75) is 6.92 Å². The van der Waals surface area contributed by atoms with E-state index in [2.05, 4.69) is 171 Å². The summed E-state index contributed by atoms with van der Waals surface area (Å²) >= 11 is 0. The summed E-state index contributed by atoms with van der Waals surface area (Å²) in [6, 6.07) is 56.5. The molecule has 0 amide bonds. The van der Waals surface area contributed by atoms with E-state index in [0.717, 1.165) is 60.7 Å². The molecule has 0 fully saturated rings. The van der Waals surface area contributed by atoms with Crippen molar-refractivity contribution in [2.75, 3.05) is 0 Å². The number of benzene rings is 7. The lowest BCUT2D eigenvalue weighted by atomic mass is 9.95. The SMILES string of the molecule is C/C=C\C(=N)n1c2ccccc2c2c(-c3ccc4c(c3)c3ccccc3n4-c3ccccc3)cc3c4ccccc4n(-c4ccccc4)c3c21. The van der Waals surface area contributed by atoms with Gasteiger partial charge in [0.15, 0.2) is 0 Å². The van der Waals surface area contributed by atoms with Gasteiger partial charge in [0.2, 0.25) is 0 Å². The van der Waals surface area contributed by atoms with Gasteiger partial charge in [-0.15, -0.1) is 0 Å². The van der Waals surface area contributed by atoms with E-state index in [0.29, 0.717) is 5.84 Å². The molecule has 0 radical (unpaired) electrons. The van der Waals surface area contributed by atoms with Crippen LogP contribution in [0.5, 0.6) is 0 Å². The van der Waals surface area contributed by atoms with Crippen LogP contribution in [-0.4, -0.2) is 19.5 Å². The van der Waals surface area contributed by atoms with Crippen molar-refractivity contribution < 1.29 is 0 Å². The van der Waals surface area contributed by atoms with Crippen LogP contribution < -0.4 is 0 Å². The lowest BCUT2D eigenvalue weighted by Crippen LogP contribution is -2.08. The van der Waals surface area contributed by atoms with E-state index in [1.54, 1.807) is 0 Å². The molecule has 0 spiro atoms. The first-order valence-corrected chi connectivity index (χ1v) is 17.1. The minimum atomic E-state index is 0.434. The molecular formula is C46H32N4. The van der Waals surface area contributed by atoms with Gasteiger partial charge in [0.25, 0.3) is 0 Å². The van der Waals surface area contributed by atoms with Crippen molar-refractivity contribution >= 4 is 71.3 Å². The minimum Gasteiger partial charge on any atom is -0.309 e. The quantitative estimate of drug-likeness (QED) is 0.147. The van der Waals surface area contributed by atoms with Crippen LogP contribution in [0.25, 0.3) is 87.9 Å². The number of aromatic nitrogens is 3. The van der Waals surface area contributed by atoms with Gasteiger partial charge in [0, 0.05) is 43.7 Å². The Morgan fingerprint density at radius 3 is 1.70 bits per heavy atom. The number of hydrogen-bond acceptors (Lipinski definition) is 1. The van der Waals surface area contributed by atoms with Crippen molar-refractivity contribution in [3.63, 3.8) is 0 Å². The monoisotopic (exact) mass is 640 g/mol. The Hall–Kier alpha value is -6.65. The molecule has 7 aromatic carbocycles. The summed E-state index contributed by atoms with van der Waals surface area (Å²) in [7, 11) is 0. The molecule has 4 heteroatoms. The van der Waals surface area contributed by atoms with Crippen LogP contribution in [0.15, 0.2) is 170 Å². The summed E-state index contributed by atoms with van der Waals surface area (Å²) in [6.07, 6.45) is 3.84. The molecular weight excluding hydrogens is 609 g/mol. The van der Waals surface area contributed by atoms with Crippen molar-refractivity contribution in [1.29, 1.82) is 5.41 Å². The number of hydrogen-bond donors (Lipinski definition) is 1.